The number of anilines is 1. The molecule has 1 aromatic rings. The Labute approximate surface area is 170 Å². The van der Waals surface area contributed by atoms with Crippen LogP contribution in [0.5, 0.6) is 0 Å². The van der Waals surface area contributed by atoms with E-state index in [1.54, 1.807) is 13.8 Å². The number of carbonyl (C=O) groups excluding carboxylic acids is 1. The third-order valence-electron chi connectivity index (χ3n) is 4.20. The van der Waals surface area contributed by atoms with E-state index in [1.165, 1.54) is 0 Å². The zero-order chi connectivity index (χ0) is 22.5. The fourth-order valence-corrected chi connectivity index (χ4v) is 3.43. The number of nitrogens with two attached hydrogens (primary N) is 1. The van der Waals surface area contributed by atoms with Gasteiger partial charge in [-0.25, -0.2) is 18.1 Å². The monoisotopic (exact) mass is 455 g/mol. The van der Waals surface area contributed by atoms with Crippen molar-refractivity contribution >= 4 is 19.6 Å². The van der Waals surface area contributed by atoms with E-state index in [-0.39, 0.29) is 25.5 Å². The molecule has 170 valence electrons. The number of nitrogen functional groups attached to an aromatic ring is 1. The Morgan fingerprint density at radius 3 is 2.87 bits per heavy atom. The van der Waals surface area contributed by atoms with Gasteiger partial charge in [0.25, 0.3) is 5.92 Å². The van der Waals surface area contributed by atoms with Gasteiger partial charge in [-0.1, -0.05) is 6.92 Å². The Balaban J connectivity index is 1.87. The van der Waals surface area contributed by atoms with Gasteiger partial charge in [0.05, 0.1) is 31.8 Å². The van der Waals surface area contributed by atoms with Crippen molar-refractivity contribution in [3.8, 4) is 0 Å². The highest BCUT2D eigenvalue weighted by atomic mass is 31.2. The van der Waals surface area contributed by atoms with Crippen molar-refractivity contribution in [2.24, 2.45) is 5.92 Å². The molecule has 1 fully saturated rings. The zero-order valence-corrected chi connectivity index (χ0v) is 17.3. The Morgan fingerprint density at radius 2 is 2.23 bits per heavy atom. The van der Waals surface area contributed by atoms with E-state index in [0.717, 1.165) is 12.3 Å². The lowest BCUT2D eigenvalue weighted by molar-refractivity contribution is -0.147. The summed E-state index contributed by atoms with van der Waals surface area (Å²) < 4.78 is 60.5. The molecule has 0 bridgehead atoms. The second kappa shape index (κ2) is 9.92. The lowest BCUT2D eigenvalue weighted by Gasteiger charge is -2.19. The van der Waals surface area contributed by atoms with Crippen molar-refractivity contribution < 1.29 is 41.6 Å². The molecule has 1 saturated heterocycles. The maximum Gasteiger partial charge on any atom is 0.472 e. The van der Waals surface area contributed by atoms with Crippen LogP contribution in [-0.4, -0.2) is 52.3 Å². The second-order valence-electron chi connectivity index (χ2n) is 6.66. The minimum absolute atomic E-state index is 0.0971. The molecule has 0 spiro atoms. The van der Waals surface area contributed by atoms with Gasteiger partial charge in [-0.15, -0.1) is 0 Å². The first kappa shape index (κ1) is 24.4. The summed E-state index contributed by atoms with van der Waals surface area (Å²) in [6, 6.07) is 1.16. The molecule has 0 aliphatic carbocycles. The average molecular weight is 455 g/mol. The van der Waals surface area contributed by atoms with Gasteiger partial charge in [0, 0.05) is 12.6 Å². The van der Waals surface area contributed by atoms with Crippen LogP contribution in [0, 0.1) is 5.92 Å². The van der Waals surface area contributed by atoms with E-state index >= 15 is 0 Å². The smallest absolute Gasteiger partial charge is 0.466 e. The van der Waals surface area contributed by atoms with Crippen LogP contribution >= 0.6 is 7.82 Å². The lowest BCUT2D eigenvalue weighted by Crippen LogP contribution is -2.35. The maximum atomic E-state index is 14.3. The van der Waals surface area contributed by atoms with E-state index < -0.39 is 56.7 Å². The Hall–Kier alpha value is -1.92. The van der Waals surface area contributed by atoms with E-state index in [1.807, 2.05) is 0 Å². The standard InChI is InChI=1S/C16H24F2N3O8P/c1-3-26-13(22)10(2)5-7-27-30(24,25)28-9-11-8-16(17,18)14(29-11)21-6-4-12(19)20-15(21)23/h4,6,10-11,14H,3,5,7-9H2,1-2H3,(H,24,25)(H2,19,20,23)/t10-,11?,14+/m0/s1. The Kier molecular flexibility index (Phi) is 8.06. The highest BCUT2D eigenvalue weighted by molar-refractivity contribution is 7.47. The lowest BCUT2D eigenvalue weighted by atomic mass is 10.1. The number of nitrogens with zero attached hydrogens (tertiary/aromatic N) is 2. The van der Waals surface area contributed by atoms with Crippen LogP contribution in [0.1, 0.15) is 32.9 Å². The Morgan fingerprint density at radius 1 is 1.53 bits per heavy atom. The predicted molar refractivity (Wildman–Crippen MR) is 98.5 cm³/mol. The molecule has 2 heterocycles. The van der Waals surface area contributed by atoms with Crippen LogP contribution in [0.25, 0.3) is 0 Å². The second-order valence-corrected chi connectivity index (χ2v) is 8.11. The van der Waals surface area contributed by atoms with Crippen molar-refractivity contribution in [1.29, 1.82) is 0 Å². The molecule has 0 radical (unpaired) electrons. The summed E-state index contributed by atoms with van der Waals surface area (Å²) in [4.78, 5) is 36.3. The summed E-state index contributed by atoms with van der Waals surface area (Å²) in [5.74, 6) is -4.62. The molecule has 30 heavy (non-hydrogen) atoms. The molecule has 11 nitrogen and oxygen atoms in total. The number of ether oxygens (including phenoxy) is 2. The first-order valence-corrected chi connectivity index (χ1v) is 10.6. The van der Waals surface area contributed by atoms with Gasteiger partial charge < -0.3 is 20.1 Å². The van der Waals surface area contributed by atoms with E-state index in [9.17, 15) is 27.8 Å². The van der Waals surface area contributed by atoms with Crippen molar-refractivity contribution in [2.75, 3.05) is 25.6 Å². The molecule has 1 aromatic heterocycles. The highest BCUT2D eigenvalue weighted by Gasteiger charge is 2.52. The molecule has 0 amide bonds. The number of alkyl halides is 2. The minimum atomic E-state index is -4.57. The number of halogens is 2. The van der Waals surface area contributed by atoms with Gasteiger partial charge in [0.15, 0.2) is 0 Å². The average Bonchev–Trinajstić information content (AvgIpc) is 2.94. The number of phosphoric acid groups is 1. The van der Waals surface area contributed by atoms with Crippen molar-refractivity contribution in [3.63, 3.8) is 0 Å². The van der Waals surface area contributed by atoms with Gasteiger partial charge in [0.1, 0.15) is 5.82 Å². The van der Waals surface area contributed by atoms with Gasteiger partial charge in [0.2, 0.25) is 6.23 Å². The number of esters is 1. The van der Waals surface area contributed by atoms with E-state index in [0.29, 0.717) is 4.57 Å². The zero-order valence-electron chi connectivity index (χ0n) is 16.4. The molecule has 1 aliphatic heterocycles. The topological polar surface area (TPSA) is 152 Å². The fourth-order valence-electron chi connectivity index (χ4n) is 2.67. The van der Waals surface area contributed by atoms with E-state index in [2.05, 4.69) is 4.98 Å². The quantitative estimate of drug-likeness (QED) is 0.392. The van der Waals surface area contributed by atoms with Crippen molar-refractivity contribution in [1.82, 2.24) is 9.55 Å². The number of carbonyl (C=O) groups is 1. The number of phosphoric ester groups is 1. The molecule has 1 aliphatic rings. The summed E-state index contributed by atoms with van der Waals surface area (Å²) in [6.07, 6.45) is -2.97. The molecular formula is C16H24F2N3O8P. The van der Waals surface area contributed by atoms with Crippen LogP contribution in [0.4, 0.5) is 14.6 Å². The minimum Gasteiger partial charge on any atom is -0.466 e. The largest absolute Gasteiger partial charge is 0.472 e. The summed E-state index contributed by atoms with van der Waals surface area (Å²) in [5, 5.41) is 0. The fraction of sp³-hybridized carbons (Fsp3) is 0.688. The summed E-state index contributed by atoms with van der Waals surface area (Å²) >= 11 is 0. The van der Waals surface area contributed by atoms with Crippen LogP contribution in [0.15, 0.2) is 17.1 Å². The number of aromatic nitrogens is 2. The SMILES string of the molecule is CCOC(=O)[C@@H](C)CCOP(=O)(O)OCC1CC(F)(F)[C@H](n2ccc(N)nc2=O)O1. The first-order valence-electron chi connectivity index (χ1n) is 9.11. The molecule has 0 saturated carbocycles. The van der Waals surface area contributed by atoms with Gasteiger partial charge in [-0.3, -0.25) is 18.4 Å². The normalized spacial score (nSPS) is 23.6. The Bertz CT molecular complexity index is 852. The summed E-state index contributed by atoms with van der Waals surface area (Å²) in [7, 11) is -4.57. The predicted octanol–water partition coefficient (Wildman–Crippen LogP) is 1.47. The molecule has 4 atom stereocenters. The third kappa shape index (κ3) is 6.54. The van der Waals surface area contributed by atoms with Gasteiger partial charge in [-0.05, 0) is 19.4 Å². The van der Waals surface area contributed by atoms with E-state index in [4.69, 9.17) is 24.3 Å². The summed E-state index contributed by atoms with van der Waals surface area (Å²) in [6.45, 7) is 2.45. The first-order chi connectivity index (χ1) is 13.9. The van der Waals surface area contributed by atoms with Crippen LogP contribution < -0.4 is 11.4 Å². The molecule has 0 aromatic carbocycles. The molecule has 2 unspecified atom stereocenters. The van der Waals surface area contributed by atoms with Crippen LogP contribution in [0.3, 0.4) is 0 Å². The van der Waals surface area contributed by atoms with Crippen LogP contribution in [-0.2, 0) is 27.9 Å². The molecule has 2 rings (SSSR count). The molecule has 14 heteroatoms. The number of hydrogen-bond donors (Lipinski definition) is 2. The summed E-state index contributed by atoms with van der Waals surface area (Å²) in [5.41, 5.74) is 4.32. The van der Waals surface area contributed by atoms with Gasteiger partial charge >= 0.3 is 19.5 Å². The number of hydrogen-bond acceptors (Lipinski definition) is 9. The maximum absolute atomic E-state index is 14.3. The van der Waals surface area contributed by atoms with Crippen molar-refractivity contribution in [2.45, 2.75) is 44.9 Å². The third-order valence-corrected chi connectivity index (χ3v) is 5.19. The van der Waals surface area contributed by atoms with Crippen LogP contribution in [0.2, 0.25) is 0 Å². The highest BCUT2D eigenvalue weighted by Crippen LogP contribution is 2.47. The van der Waals surface area contributed by atoms with Gasteiger partial charge in [-0.2, -0.15) is 4.98 Å². The van der Waals surface area contributed by atoms with Crippen molar-refractivity contribution in [3.05, 3.63) is 22.7 Å². The molecular weight excluding hydrogens is 431 g/mol. The number of rotatable bonds is 10. The molecule has 3 N–H and O–H groups in total.